The molecule has 1 saturated carbocycles. The summed E-state index contributed by atoms with van der Waals surface area (Å²) in [6, 6.07) is 8.29. The van der Waals surface area contributed by atoms with E-state index in [0.717, 1.165) is 50.0 Å². The number of rotatable bonds is 3. The Balaban J connectivity index is 1.49. The summed E-state index contributed by atoms with van der Waals surface area (Å²) in [5, 5.41) is 5.28. The molecule has 140 valence electrons. The van der Waals surface area contributed by atoms with E-state index in [1.165, 1.54) is 0 Å². The SMILES string of the molecule is CCN1C(=O)C2CCNN2C2CCC(C(=O)Nc3ccccc3C)CC21. The number of piperazine rings is 1. The van der Waals surface area contributed by atoms with Gasteiger partial charge in [-0.1, -0.05) is 18.2 Å². The summed E-state index contributed by atoms with van der Waals surface area (Å²) in [4.78, 5) is 27.7. The quantitative estimate of drug-likeness (QED) is 0.868. The van der Waals surface area contributed by atoms with Gasteiger partial charge < -0.3 is 10.2 Å². The molecular formula is C20H28N4O2. The van der Waals surface area contributed by atoms with Crippen molar-refractivity contribution in [3.63, 3.8) is 0 Å². The number of likely N-dealkylation sites (N-methyl/N-ethyl adjacent to an activating group) is 1. The molecule has 0 spiro atoms. The van der Waals surface area contributed by atoms with Crippen LogP contribution in [0.3, 0.4) is 0 Å². The Labute approximate surface area is 154 Å². The van der Waals surface area contributed by atoms with E-state index < -0.39 is 0 Å². The number of anilines is 1. The Hall–Kier alpha value is -1.92. The van der Waals surface area contributed by atoms with Crippen LogP contribution in [0.4, 0.5) is 5.69 Å². The fourth-order valence-electron chi connectivity index (χ4n) is 4.89. The first kappa shape index (κ1) is 17.5. The van der Waals surface area contributed by atoms with Crippen molar-refractivity contribution in [2.24, 2.45) is 5.92 Å². The number of benzene rings is 1. The third-order valence-corrected chi connectivity index (χ3v) is 6.27. The van der Waals surface area contributed by atoms with Gasteiger partial charge in [0.1, 0.15) is 6.04 Å². The summed E-state index contributed by atoms with van der Waals surface area (Å²) in [6.45, 7) is 5.64. The van der Waals surface area contributed by atoms with E-state index in [-0.39, 0.29) is 29.8 Å². The predicted molar refractivity (Wildman–Crippen MR) is 100 cm³/mol. The number of hydrazine groups is 1. The molecule has 2 N–H and O–H groups in total. The highest BCUT2D eigenvalue weighted by Crippen LogP contribution is 2.37. The molecule has 2 saturated heterocycles. The van der Waals surface area contributed by atoms with Crippen LogP contribution in [-0.4, -0.2) is 52.9 Å². The smallest absolute Gasteiger partial charge is 0.241 e. The molecule has 1 aromatic carbocycles. The van der Waals surface area contributed by atoms with E-state index in [4.69, 9.17) is 0 Å². The van der Waals surface area contributed by atoms with Gasteiger partial charge in [-0.25, -0.2) is 5.01 Å². The molecule has 0 bridgehead atoms. The van der Waals surface area contributed by atoms with Crippen molar-refractivity contribution >= 4 is 17.5 Å². The molecule has 3 fully saturated rings. The van der Waals surface area contributed by atoms with Crippen LogP contribution in [0.1, 0.15) is 38.2 Å². The van der Waals surface area contributed by atoms with Crippen LogP contribution in [0.25, 0.3) is 0 Å². The molecule has 4 atom stereocenters. The van der Waals surface area contributed by atoms with Gasteiger partial charge in [0.05, 0.1) is 0 Å². The van der Waals surface area contributed by atoms with Crippen molar-refractivity contribution in [2.45, 2.75) is 57.7 Å². The second-order valence-electron chi connectivity index (χ2n) is 7.69. The number of amides is 2. The van der Waals surface area contributed by atoms with Crippen molar-refractivity contribution in [1.29, 1.82) is 0 Å². The van der Waals surface area contributed by atoms with Gasteiger partial charge in [-0.2, -0.15) is 0 Å². The Kier molecular flexibility index (Phi) is 4.71. The molecular weight excluding hydrogens is 328 g/mol. The maximum absolute atomic E-state index is 12.9. The van der Waals surface area contributed by atoms with Crippen LogP contribution in [-0.2, 0) is 9.59 Å². The molecule has 26 heavy (non-hydrogen) atoms. The number of nitrogens with zero attached hydrogens (tertiary/aromatic N) is 2. The van der Waals surface area contributed by atoms with E-state index in [9.17, 15) is 9.59 Å². The first-order valence-corrected chi connectivity index (χ1v) is 9.79. The molecule has 0 aromatic heterocycles. The molecule has 1 aromatic rings. The van der Waals surface area contributed by atoms with Gasteiger partial charge in [-0.05, 0) is 51.2 Å². The van der Waals surface area contributed by atoms with Crippen LogP contribution in [0.15, 0.2) is 24.3 Å². The molecule has 2 amide bonds. The van der Waals surface area contributed by atoms with Gasteiger partial charge in [0.15, 0.2) is 0 Å². The number of nitrogens with one attached hydrogen (secondary N) is 2. The Bertz CT molecular complexity index is 707. The minimum absolute atomic E-state index is 0.0199. The lowest BCUT2D eigenvalue weighted by molar-refractivity contribution is -0.155. The second kappa shape index (κ2) is 7.00. The molecule has 3 aliphatic rings. The van der Waals surface area contributed by atoms with Gasteiger partial charge in [0.25, 0.3) is 0 Å². The molecule has 0 radical (unpaired) electrons. The van der Waals surface area contributed by atoms with Gasteiger partial charge in [-0.15, -0.1) is 0 Å². The van der Waals surface area contributed by atoms with Crippen molar-refractivity contribution < 1.29 is 9.59 Å². The van der Waals surface area contributed by atoms with Gasteiger partial charge in [0.2, 0.25) is 11.8 Å². The summed E-state index contributed by atoms with van der Waals surface area (Å²) in [7, 11) is 0. The fraction of sp³-hybridized carbons (Fsp3) is 0.600. The van der Waals surface area contributed by atoms with E-state index in [2.05, 4.69) is 15.8 Å². The summed E-state index contributed by atoms with van der Waals surface area (Å²) >= 11 is 0. The number of fused-ring (bicyclic) bond motifs is 3. The maximum atomic E-state index is 12.9. The first-order valence-electron chi connectivity index (χ1n) is 9.79. The predicted octanol–water partition coefficient (Wildman–Crippen LogP) is 1.91. The van der Waals surface area contributed by atoms with Crippen molar-refractivity contribution in [3.05, 3.63) is 29.8 Å². The van der Waals surface area contributed by atoms with Crippen LogP contribution < -0.4 is 10.7 Å². The molecule has 1 aliphatic carbocycles. The highest BCUT2D eigenvalue weighted by atomic mass is 16.2. The minimum atomic E-state index is -0.0446. The molecule has 2 aliphatic heterocycles. The fourth-order valence-corrected chi connectivity index (χ4v) is 4.89. The van der Waals surface area contributed by atoms with Crippen molar-refractivity contribution in [2.75, 3.05) is 18.4 Å². The Morgan fingerprint density at radius 1 is 1.23 bits per heavy atom. The monoisotopic (exact) mass is 356 g/mol. The zero-order valence-corrected chi connectivity index (χ0v) is 15.6. The number of aryl methyl sites for hydroxylation is 1. The summed E-state index contributed by atoms with van der Waals surface area (Å²) in [5.41, 5.74) is 5.36. The molecule has 4 rings (SSSR count). The van der Waals surface area contributed by atoms with Crippen LogP contribution in [0, 0.1) is 12.8 Å². The average molecular weight is 356 g/mol. The van der Waals surface area contributed by atoms with Gasteiger partial charge >= 0.3 is 0 Å². The Morgan fingerprint density at radius 2 is 2.04 bits per heavy atom. The van der Waals surface area contributed by atoms with Gasteiger partial charge in [0, 0.05) is 36.8 Å². The number of carbonyl (C=O) groups excluding carboxylic acids is 2. The van der Waals surface area contributed by atoms with Crippen LogP contribution in [0.5, 0.6) is 0 Å². The highest BCUT2D eigenvalue weighted by molar-refractivity contribution is 5.93. The lowest BCUT2D eigenvalue weighted by Gasteiger charge is -2.51. The topological polar surface area (TPSA) is 64.7 Å². The van der Waals surface area contributed by atoms with E-state index >= 15 is 0 Å². The zero-order chi connectivity index (χ0) is 18.3. The van der Waals surface area contributed by atoms with E-state index in [1.54, 1.807) is 0 Å². The highest BCUT2D eigenvalue weighted by Gasteiger charge is 2.51. The summed E-state index contributed by atoms with van der Waals surface area (Å²) < 4.78 is 0. The second-order valence-corrected chi connectivity index (χ2v) is 7.69. The van der Waals surface area contributed by atoms with Crippen molar-refractivity contribution in [1.82, 2.24) is 15.3 Å². The summed E-state index contributed by atoms with van der Waals surface area (Å²) in [5.74, 6) is 0.258. The lowest BCUT2D eigenvalue weighted by Crippen LogP contribution is -2.68. The molecule has 6 nitrogen and oxygen atoms in total. The van der Waals surface area contributed by atoms with E-state index in [1.807, 2.05) is 43.0 Å². The molecule has 6 heteroatoms. The number of carbonyl (C=O) groups is 2. The third-order valence-electron chi connectivity index (χ3n) is 6.27. The standard InChI is InChI=1S/C20H28N4O2/c1-3-23-18-12-14(19(25)22-15-7-5-4-6-13(15)2)8-9-16(18)24-17(20(23)26)10-11-21-24/h4-7,14,16-18,21H,3,8-12H2,1-2H3,(H,22,25). The average Bonchev–Trinajstić information content (AvgIpc) is 3.14. The van der Waals surface area contributed by atoms with Crippen LogP contribution >= 0.6 is 0 Å². The summed E-state index contributed by atoms with van der Waals surface area (Å²) in [6.07, 6.45) is 3.45. The van der Waals surface area contributed by atoms with Crippen molar-refractivity contribution in [3.8, 4) is 0 Å². The largest absolute Gasteiger partial charge is 0.337 e. The minimum Gasteiger partial charge on any atom is -0.337 e. The normalized spacial score (nSPS) is 31.5. The molecule has 4 unspecified atom stereocenters. The first-order chi connectivity index (χ1) is 12.6. The zero-order valence-electron chi connectivity index (χ0n) is 15.6. The molecule has 2 heterocycles. The number of hydrogen-bond donors (Lipinski definition) is 2. The maximum Gasteiger partial charge on any atom is 0.241 e. The van der Waals surface area contributed by atoms with Crippen LogP contribution in [0.2, 0.25) is 0 Å². The number of hydrogen-bond acceptors (Lipinski definition) is 4. The number of para-hydroxylation sites is 1. The lowest BCUT2D eigenvalue weighted by atomic mass is 9.78. The third kappa shape index (κ3) is 2.91. The van der Waals surface area contributed by atoms with Gasteiger partial charge in [-0.3, -0.25) is 15.0 Å². The van der Waals surface area contributed by atoms with E-state index in [0.29, 0.717) is 6.04 Å². The Morgan fingerprint density at radius 3 is 2.81 bits per heavy atom.